The van der Waals surface area contributed by atoms with Gasteiger partial charge in [-0.05, 0) is 79.2 Å². The van der Waals surface area contributed by atoms with Crippen molar-refractivity contribution in [3.8, 4) is 22.8 Å². The largest absolute Gasteiger partial charge is 0.497 e. The minimum absolute atomic E-state index is 0.338. The molecule has 4 aromatic rings. The molecule has 0 radical (unpaired) electrons. The molecule has 9 nitrogen and oxygen atoms in total. The van der Waals surface area contributed by atoms with E-state index in [1.54, 1.807) is 49.4 Å². The molecule has 0 aliphatic heterocycles. The zero-order valence-electron chi connectivity index (χ0n) is 19.6. The van der Waals surface area contributed by atoms with Crippen LogP contribution in [-0.2, 0) is 6.18 Å². The SMILES string of the molecule is COc1ccc(NC(=O)NC(=O)Nc2ccc(-c3ncn(-c4ccc(C(F)(F)F)cc4)n3)cc2)c(C)c1. The van der Waals surface area contributed by atoms with Crippen LogP contribution in [0.3, 0.4) is 0 Å². The third-order valence-corrected chi connectivity index (χ3v) is 5.26. The number of nitrogens with zero attached hydrogens (tertiary/aromatic N) is 3. The Labute approximate surface area is 209 Å². The van der Waals surface area contributed by atoms with Gasteiger partial charge in [0.1, 0.15) is 12.1 Å². The number of rotatable bonds is 5. The van der Waals surface area contributed by atoms with Crippen molar-refractivity contribution < 1.29 is 27.5 Å². The average Bonchev–Trinajstić information content (AvgIpc) is 3.35. The van der Waals surface area contributed by atoms with Crippen LogP contribution in [0.15, 0.2) is 73.1 Å². The number of benzene rings is 3. The van der Waals surface area contributed by atoms with Crippen LogP contribution >= 0.6 is 0 Å². The fraction of sp³-hybridized carbons (Fsp3) is 0.120. The Morgan fingerprint density at radius 2 is 1.59 bits per heavy atom. The van der Waals surface area contributed by atoms with Crippen LogP contribution in [0, 0.1) is 6.92 Å². The van der Waals surface area contributed by atoms with Gasteiger partial charge in [0, 0.05) is 16.9 Å². The topological polar surface area (TPSA) is 110 Å². The van der Waals surface area contributed by atoms with Gasteiger partial charge in [0.05, 0.1) is 18.4 Å². The van der Waals surface area contributed by atoms with E-state index >= 15 is 0 Å². The number of imide groups is 1. The summed E-state index contributed by atoms with van der Waals surface area (Å²) in [6.45, 7) is 1.79. The Hall–Kier alpha value is -4.87. The molecule has 12 heteroatoms. The van der Waals surface area contributed by atoms with Crippen molar-refractivity contribution in [3.63, 3.8) is 0 Å². The van der Waals surface area contributed by atoms with Crippen molar-refractivity contribution in [3.05, 3.63) is 84.2 Å². The number of halogens is 3. The summed E-state index contributed by atoms with van der Waals surface area (Å²) >= 11 is 0. The van der Waals surface area contributed by atoms with Crippen LogP contribution in [0.5, 0.6) is 5.75 Å². The van der Waals surface area contributed by atoms with Crippen LogP contribution in [0.1, 0.15) is 11.1 Å². The van der Waals surface area contributed by atoms with Crippen molar-refractivity contribution in [2.45, 2.75) is 13.1 Å². The zero-order valence-corrected chi connectivity index (χ0v) is 19.6. The van der Waals surface area contributed by atoms with Crippen LogP contribution in [0.4, 0.5) is 34.1 Å². The molecule has 1 aromatic heterocycles. The van der Waals surface area contributed by atoms with Crippen molar-refractivity contribution in [1.82, 2.24) is 20.1 Å². The summed E-state index contributed by atoms with van der Waals surface area (Å²) in [6, 6.07) is 14.7. The second-order valence-electron chi connectivity index (χ2n) is 7.85. The molecule has 37 heavy (non-hydrogen) atoms. The number of carbonyl (C=O) groups excluding carboxylic acids is 2. The van der Waals surface area contributed by atoms with Crippen LogP contribution < -0.4 is 20.7 Å². The van der Waals surface area contributed by atoms with E-state index in [1.165, 1.54) is 30.3 Å². The molecule has 0 saturated heterocycles. The maximum absolute atomic E-state index is 12.8. The summed E-state index contributed by atoms with van der Waals surface area (Å²) in [4.78, 5) is 28.5. The highest BCUT2D eigenvalue weighted by Crippen LogP contribution is 2.29. The highest BCUT2D eigenvalue weighted by atomic mass is 19.4. The van der Waals surface area contributed by atoms with Gasteiger partial charge in [0.25, 0.3) is 0 Å². The third kappa shape index (κ3) is 6.23. The fourth-order valence-electron chi connectivity index (χ4n) is 3.35. The Morgan fingerprint density at radius 3 is 2.22 bits per heavy atom. The molecule has 0 spiro atoms. The lowest BCUT2D eigenvalue weighted by atomic mass is 10.2. The zero-order chi connectivity index (χ0) is 26.6. The van der Waals surface area contributed by atoms with E-state index < -0.39 is 23.8 Å². The van der Waals surface area contributed by atoms with Crippen LogP contribution in [0.2, 0.25) is 0 Å². The molecular formula is C25H21F3N6O3. The fourth-order valence-corrected chi connectivity index (χ4v) is 3.35. The number of alkyl halides is 3. The smallest absolute Gasteiger partial charge is 0.416 e. The maximum Gasteiger partial charge on any atom is 0.416 e. The van der Waals surface area contributed by atoms with Crippen molar-refractivity contribution in [2.24, 2.45) is 0 Å². The normalized spacial score (nSPS) is 11.1. The van der Waals surface area contributed by atoms with Crippen molar-refractivity contribution in [1.29, 1.82) is 0 Å². The lowest BCUT2D eigenvalue weighted by molar-refractivity contribution is -0.137. The molecule has 4 rings (SSSR count). The molecule has 0 atom stereocenters. The third-order valence-electron chi connectivity index (χ3n) is 5.26. The number of urea groups is 2. The van der Waals surface area contributed by atoms with Gasteiger partial charge in [-0.2, -0.15) is 13.2 Å². The number of anilines is 2. The number of carbonyl (C=O) groups is 2. The molecule has 0 fully saturated rings. The molecule has 3 aromatic carbocycles. The summed E-state index contributed by atoms with van der Waals surface area (Å²) in [5.74, 6) is 0.983. The Kier molecular flexibility index (Phi) is 7.09. The molecule has 190 valence electrons. The van der Waals surface area contributed by atoms with E-state index in [-0.39, 0.29) is 0 Å². The molecule has 0 saturated carbocycles. The first-order valence-corrected chi connectivity index (χ1v) is 10.9. The van der Waals surface area contributed by atoms with E-state index in [9.17, 15) is 22.8 Å². The number of aryl methyl sites for hydroxylation is 1. The second kappa shape index (κ2) is 10.4. The van der Waals surface area contributed by atoms with E-state index in [0.717, 1.165) is 17.7 Å². The van der Waals surface area contributed by atoms with E-state index in [2.05, 4.69) is 26.0 Å². The Bertz CT molecular complexity index is 1420. The van der Waals surface area contributed by atoms with Crippen LogP contribution in [-0.4, -0.2) is 33.9 Å². The van der Waals surface area contributed by atoms with Gasteiger partial charge in [0.2, 0.25) is 0 Å². The van der Waals surface area contributed by atoms with Crippen molar-refractivity contribution in [2.75, 3.05) is 17.7 Å². The summed E-state index contributed by atoms with van der Waals surface area (Å²) in [5.41, 5.74) is 1.99. The molecule has 0 aliphatic rings. The first-order chi connectivity index (χ1) is 17.6. The standard InChI is InChI=1S/C25H21F3N6O3/c1-15-13-20(37-2)11-12-21(15)31-24(36)32-23(35)30-18-7-3-16(4-8-18)22-29-14-34(33-22)19-9-5-17(6-10-19)25(26,27)28/h3-14H,1-2H3,(H3,30,31,32,35,36). The minimum Gasteiger partial charge on any atom is -0.497 e. The van der Waals surface area contributed by atoms with E-state index in [0.29, 0.717) is 34.2 Å². The van der Waals surface area contributed by atoms with E-state index in [1.807, 2.05) is 0 Å². The summed E-state index contributed by atoms with van der Waals surface area (Å²) in [6.07, 6.45) is -3.03. The molecule has 0 unspecified atom stereocenters. The predicted molar refractivity (Wildman–Crippen MR) is 131 cm³/mol. The molecular weight excluding hydrogens is 489 g/mol. The number of ether oxygens (including phenoxy) is 1. The van der Waals surface area contributed by atoms with Crippen molar-refractivity contribution >= 4 is 23.4 Å². The van der Waals surface area contributed by atoms with Gasteiger partial charge in [-0.25, -0.2) is 19.3 Å². The number of amides is 4. The summed E-state index contributed by atoms with van der Waals surface area (Å²) < 4.78 is 44.8. The van der Waals surface area contributed by atoms with E-state index in [4.69, 9.17) is 4.74 Å². The van der Waals surface area contributed by atoms with Gasteiger partial charge in [-0.15, -0.1) is 5.10 Å². The molecule has 1 heterocycles. The molecule has 0 bridgehead atoms. The first-order valence-electron chi connectivity index (χ1n) is 10.9. The lowest BCUT2D eigenvalue weighted by Gasteiger charge is -2.11. The average molecular weight is 510 g/mol. The number of methoxy groups -OCH3 is 1. The number of nitrogens with one attached hydrogen (secondary N) is 3. The van der Waals surface area contributed by atoms with Gasteiger partial charge < -0.3 is 15.4 Å². The highest BCUT2D eigenvalue weighted by Gasteiger charge is 2.30. The quantitative estimate of drug-likeness (QED) is 0.323. The Balaban J connectivity index is 1.34. The molecule has 3 N–H and O–H groups in total. The second-order valence-corrected chi connectivity index (χ2v) is 7.85. The molecule has 0 aliphatic carbocycles. The number of hydrogen-bond donors (Lipinski definition) is 3. The number of aromatic nitrogens is 3. The monoisotopic (exact) mass is 510 g/mol. The van der Waals surface area contributed by atoms with Gasteiger partial charge in [-0.3, -0.25) is 5.32 Å². The van der Waals surface area contributed by atoms with Gasteiger partial charge in [-0.1, -0.05) is 0 Å². The number of hydrogen-bond acceptors (Lipinski definition) is 5. The summed E-state index contributed by atoms with van der Waals surface area (Å²) in [5, 5.41) is 11.6. The predicted octanol–water partition coefficient (Wildman–Crippen LogP) is 5.62. The van der Waals surface area contributed by atoms with Gasteiger partial charge in [0.15, 0.2) is 5.82 Å². The summed E-state index contributed by atoms with van der Waals surface area (Å²) in [7, 11) is 1.54. The minimum atomic E-state index is -4.42. The Morgan fingerprint density at radius 1 is 0.919 bits per heavy atom. The molecule has 4 amide bonds. The van der Waals surface area contributed by atoms with Crippen LogP contribution in [0.25, 0.3) is 17.1 Å². The maximum atomic E-state index is 12.8. The van der Waals surface area contributed by atoms with Gasteiger partial charge >= 0.3 is 18.2 Å². The first kappa shape index (κ1) is 25.2. The lowest BCUT2D eigenvalue weighted by Crippen LogP contribution is -2.37. The highest BCUT2D eigenvalue weighted by molar-refractivity contribution is 6.05.